The molecule has 3 rings (SSSR count). The molecule has 9 heteroatoms. The first-order valence-electron chi connectivity index (χ1n) is 10.7. The first-order chi connectivity index (χ1) is 14.6. The Morgan fingerprint density at radius 1 is 1.13 bits per heavy atom. The molecule has 1 aromatic rings. The number of benzene rings is 1. The second kappa shape index (κ2) is 9.54. The SMILES string of the molecule is Cc1cc(F)cc(C(=O)NCC2CCN(C(C)C(=O)N3CCCC3C(F)(F)F)CC2)c1. The number of alkyl halides is 3. The van der Waals surface area contributed by atoms with E-state index in [0.29, 0.717) is 31.6 Å². The van der Waals surface area contributed by atoms with Gasteiger partial charge >= 0.3 is 6.18 Å². The quantitative estimate of drug-likeness (QED) is 0.709. The van der Waals surface area contributed by atoms with Crippen LogP contribution in [-0.2, 0) is 4.79 Å². The van der Waals surface area contributed by atoms with Crippen molar-refractivity contribution >= 4 is 11.8 Å². The van der Waals surface area contributed by atoms with Crippen LogP contribution in [0.2, 0.25) is 0 Å². The lowest BCUT2D eigenvalue weighted by atomic mass is 9.95. The Kier molecular flexibility index (Phi) is 7.24. The summed E-state index contributed by atoms with van der Waals surface area (Å²) in [7, 11) is 0. The smallest absolute Gasteiger partial charge is 0.352 e. The van der Waals surface area contributed by atoms with Gasteiger partial charge in [0.2, 0.25) is 5.91 Å². The van der Waals surface area contributed by atoms with Gasteiger partial charge in [-0.05, 0) is 82.3 Å². The molecule has 0 spiro atoms. The van der Waals surface area contributed by atoms with Crippen LogP contribution in [0, 0.1) is 18.7 Å². The predicted octanol–water partition coefficient (Wildman–Crippen LogP) is 3.52. The Hall–Kier alpha value is -2.16. The van der Waals surface area contributed by atoms with Gasteiger partial charge in [0.05, 0.1) is 6.04 Å². The van der Waals surface area contributed by atoms with Gasteiger partial charge in [-0.15, -0.1) is 0 Å². The Bertz CT molecular complexity index is 786. The van der Waals surface area contributed by atoms with Crippen LogP contribution in [0.15, 0.2) is 18.2 Å². The molecule has 2 unspecified atom stereocenters. The third-order valence-electron chi connectivity index (χ3n) is 6.32. The second-order valence-electron chi connectivity index (χ2n) is 8.61. The lowest BCUT2D eigenvalue weighted by Gasteiger charge is -2.38. The van der Waals surface area contributed by atoms with Gasteiger partial charge in [0, 0.05) is 18.7 Å². The zero-order valence-electron chi connectivity index (χ0n) is 17.8. The Morgan fingerprint density at radius 2 is 1.81 bits per heavy atom. The van der Waals surface area contributed by atoms with Gasteiger partial charge in [-0.2, -0.15) is 13.2 Å². The van der Waals surface area contributed by atoms with Gasteiger partial charge in [0.15, 0.2) is 0 Å². The summed E-state index contributed by atoms with van der Waals surface area (Å²) >= 11 is 0. The number of hydrogen-bond donors (Lipinski definition) is 1. The number of amides is 2. The number of hydrogen-bond acceptors (Lipinski definition) is 3. The highest BCUT2D eigenvalue weighted by atomic mass is 19.4. The highest BCUT2D eigenvalue weighted by molar-refractivity contribution is 5.94. The maximum Gasteiger partial charge on any atom is 0.408 e. The normalized spacial score (nSPS) is 21.9. The molecule has 2 aliphatic rings. The highest BCUT2D eigenvalue weighted by Crippen LogP contribution is 2.33. The minimum absolute atomic E-state index is 0.0332. The van der Waals surface area contributed by atoms with Crippen LogP contribution < -0.4 is 5.32 Å². The van der Waals surface area contributed by atoms with Gasteiger partial charge < -0.3 is 10.2 Å². The van der Waals surface area contributed by atoms with Crippen LogP contribution in [0.5, 0.6) is 0 Å². The summed E-state index contributed by atoms with van der Waals surface area (Å²) in [6.45, 7) is 5.13. The topological polar surface area (TPSA) is 52.7 Å². The zero-order valence-corrected chi connectivity index (χ0v) is 17.8. The third kappa shape index (κ3) is 5.75. The molecule has 2 amide bonds. The lowest BCUT2D eigenvalue weighted by molar-refractivity contribution is -0.184. The van der Waals surface area contributed by atoms with E-state index in [1.807, 2.05) is 4.90 Å². The van der Waals surface area contributed by atoms with Gasteiger partial charge in [-0.3, -0.25) is 14.5 Å². The van der Waals surface area contributed by atoms with Crippen LogP contribution in [0.1, 0.15) is 48.5 Å². The molecule has 0 aliphatic carbocycles. The number of halogens is 4. The van der Waals surface area contributed by atoms with Crippen molar-refractivity contribution in [2.75, 3.05) is 26.2 Å². The maximum atomic E-state index is 13.5. The molecule has 0 saturated carbocycles. The molecule has 172 valence electrons. The van der Waals surface area contributed by atoms with E-state index in [9.17, 15) is 27.2 Å². The maximum absolute atomic E-state index is 13.5. The van der Waals surface area contributed by atoms with Crippen LogP contribution in [0.3, 0.4) is 0 Å². The number of likely N-dealkylation sites (tertiary alicyclic amines) is 2. The molecule has 1 aromatic carbocycles. The predicted molar refractivity (Wildman–Crippen MR) is 108 cm³/mol. The van der Waals surface area contributed by atoms with Crippen molar-refractivity contribution in [1.82, 2.24) is 15.1 Å². The summed E-state index contributed by atoms with van der Waals surface area (Å²) in [5.41, 5.74) is 0.946. The van der Waals surface area contributed by atoms with Crippen molar-refractivity contribution in [2.24, 2.45) is 5.92 Å². The molecular formula is C22H29F4N3O2. The number of nitrogens with one attached hydrogen (secondary N) is 1. The average Bonchev–Trinajstić information content (AvgIpc) is 3.21. The highest BCUT2D eigenvalue weighted by Gasteiger charge is 2.48. The summed E-state index contributed by atoms with van der Waals surface area (Å²) in [6.07, 6.45) is -2.60. The lowest BCUT2D eigenvalue weighted by Crippen LogP contribution is -2.54. The molecule has 2 atom stereocenters. The molecule has 0 aromatic heterocycles. The summed E-state index contributed by atoms with van der Waals surface area (Å²) in [5, 5.41) is 2.83. The standard InChI is InChI=1S/C22H29F4N3O2/c1-14-10-17(12-18(23)11-14)20(30)27-13-16-5-8-28(9-6-16)15(2)21(31)29-7-3-4-19(29)22(24,25)26/h10-12,15-16,19H,3-9,13H2,1-2H3,(H,27,30). The zero-order chi connectivity index (χ0) is 22.8. The largest absolute Gasteiger partial charge is 0.408 e. The number of rotatable bonds is 5. The number of aryl methyl sites for hydroxylation is 1. The number of nitrogens with zero attached hydrogens (tertiary/aromatic N) is 2. The average molecular weight is 443 g/mol. The van der Waals surface area contributed by atoms with E-state index in [-0.39, 0.29) is 30.4 Å². The van der Waals surface area contributed by atoms with E-state index in [1.165, 1.54) is 12.1 Å². The van der Waals surface area contributed by atoms with Crippen molar-refractivity contribution in [3.05, 3.63) is 35.1 Å². The first-order valence-corrected chi connectivity index (χ1v) is 10.7. The van der Waals surface area contributed by atoms with E-state index in [1.54, 1.807) is 19.9 Å². The summed E-state index contributed by atoms with van der Waals surface area (Å²) in [4.78, 5) is 27.9. The van der Waals surface area contributed by atoms with Gasteiger partial charge in [0.1, 0.15) is 11.9 Å². The molecule has 0 radical (unpaired) electrons. The summed E-state index contributed by atoms with van der Waals surface area (Å²) in [5.74, 6) is -1.05. The molecule has 2 saturated heterocycles. The van der Waals surface area contributed by atoms with Gasteiger partial charge in [-0.25, -0.2) is 4.39 Å². The Balaban J connectivity index is 1.48. The fraction of sp³-hybridized carbons (Fsp3) is 0.636. The van der Waals surface area contributed by atoms with E-state index in [2.05, 4.69) is 5.32 Å². The molecule has 2 aliphatic heterocycles. The monoisotopic (exact) mass is 443 g/mol. The number of carbonyl (C=O) groups is 2. The van der Waals surface area contributed by atoms with Gasteiger partial charge in [0.25, 0.3) is 5.91 Å². The van der Waals surface area contributed by atoms with Crippen LogP contribution in [0.4, 0.5) is 17.6 Å². The minimum Gasteiger partial charge on any atom is -0.352 e. The van der Waals surface area contributed by atoms with E-state index in [0.717, 1.165) is 17.7 Å². The van der Waals surface area contributed by atoms with Crippen molar-refractivity contribution in [3.63, 3.8) is 0 Å². The Labute approximate surface area is 179 Å². The Morgan fingerprint density at radius 3 is 2.42 bits per heavy atom. The van der Waals surface area contributed by atoms with Crippen LogP contribution >= 0.6 is 0 Å². The molecule has 2 heterocycles. The summed E-state index contributed by atoms with van der Waals surface area (Å²) < 4.78 is 53.0. The van der Waals surface area contributed by atoms with Crippen LogP contribution in [-0.4, -0.2) is 66.1 Å². The van der Waals surface area contributed by atoms with Crippen molar-refractivity contribution < 1.29 is 27.2 Å². The van der Waals surface area contributed by atoms with E-state index in [4.69, 9.17) is 0 Å². The molecule has 0 bridgehead atoms. The molecular weight excluding hydrogens is 414 g/mol. The molecule has 2 fully saturated rings. The van der Waals surface area contributed by atoms with Crippen molar-refractivity contribution in [1.29, 1.82) is 0 Å². The van der Waals surface area contributed by atoms with Crippen molar-refractivity contribution in [3.8, 4) is 0 Å². The summed E-state index contributed by atoms with van der Waals surface area (Å²) in [6, 6.07) is 1.90. The van der Waals surface area contributed by atoms with E-state index < -0.39 is 30.0 Å². The van der Waals surface area contributed by atoms with Crippen LogP contribution in [0.25, 0.3) is 0 Å². The number of piperidine rings is 1. The molecule has 1 N–H and O–H groups in total. The molecule has 31 heavy (non-hydrogen) atoms. The molecule has 5 nitrogen and oxygen atoms in total. The number of carbonyl (C=O) groups excluding carboxylic acids is 2. The van der Waals surface area contributed by atoms with E-state index >= 15 is 0 Å². The minimum atomic E-state index is -4.39. The van der Waals surface area contributed by atoms with Crippen molar-refractivity contribution in [2.45, 2.75) is 57.8 Å². The first kappa shape index (κ1) is 23.5. The fourth-order valence-corrected chi connectivity index (χ4v) is 4.52. The fourth-order valence-electron chi connectivity index (χ4n) is 4.52. The van der Waals surface area contributed by atoms with Gasteiger partial charge in [-0.1, -0.05) is 0 Å². The third-order valence-corrected chi connectivity index (χ3v) is 6.32. The second-order valence-corrected chi connectivity index (χ2v) is 8.61.